The average molecular weight is 195 g/mol. The minimum Gasteiger partial charge on any atom is -0.484 e. The summed E-state index contributed by atoms with van der Waals surface area (Å²) in [7, 11) is 0. The molecule has 1 aromatic rings. The molecule has 0 fully saturated rings. The van der Waals surface area contributed by atoms with Gasteiger partial charge in [-0.1, -0.05) is 12.1 Å². The first-order valence-electron chi connectivity index (χ1n) is 4.43. The maximum Gasteiger partial charge on any atom is 0.313 e. The highest BCUT2D eigenvalue weighted by molar-refractivity contribution is 5.52. The number of nitrogens with zero attached hydrogens (tertiary/aromatic N) is 1. The van der Waals surface area contributed by atoms with Crippen molar-refractivity contribution >= 4 is 5.69 Å². The summed E-state index contributed by atoms with van der Waals surface area (Å²) in [5, 5.41) is 10.7. The zero-order chi connectivity index (χ0) is 10.7. The summed E-state index contributed by atoms with van der Waals surface area (Å²) < 4.78 is 5.35. The van der Waals surface area contributed by atoms with Gasteiger partial charge < -0.3 is 4.74 Å². The standard InChI is InChI=1S/C10H13NO3/c1-7(2)14-9-6-4-5-8(3)10(9)11(12)13/h4-7H,1-3H3. The number of hydrogen-bond donors (Lipinski definition) is 0. The van der Waals surface area contributed by atoms with Crippen molar-refractivity contribution in [2.24, 2.45) is 0 Å². The van der Waals surface area contributed by atoms with Gasteiger partial charge in [-0.3, -0.25) is 10.1 Å². The molecular weight excluding hydrogens is 182 g/mol. The predicted molar refractivity (Wildman–Crippen MR) is 53.6 cm³/mol. The highest BCUT2D eigenvalue weighted by atomic mass is 16.6. The van der Waals surface area contributed by atoms with Crippen molar-refractivity contribution in [2.45, 2.75) is 26.9 Å². The van der Waals surface area contributed by atoms with Gasteiger partial charge in [0.2, 0.25) is 0 Å². The van der Waals surface area contributed by atoms with E-state index in [1.165, 1.54) is 0 Å². The summed E-state index contributed by atoms with van der Waals surface area (Å²) in [6, 6.07) is 5.07. The van der Waals surface area contributed by atoms with Gasteiger partial charge in [-0.2, -0.15) is 0 Å². The second-order valence-electron chi connectivity index (χ2n) is 3.35. The number of hydrogen-bond acceptors (Lipinski definition) is 3. The summed E-state index contributed by atoms with van der Waals surface area (Å²) >= 11 is 0. The van der Waals surface area contributed by atoms with E-state index in [4.69, 9.17) is 4.74 Å². The molecule has 4 nitrogen and oxygen atoms in total. The molecular formula is C10H13NO3. The molecule has 1 aromatic carbocycles. The van der Waals surface area contributed by atoms with E-state index in [0.29, 0.717) is 11.3 Å². The number of para-hydroxylation sites is 1. The Bertz CT molecular complexity index is 347. The number of rotatable bonds is 3. The van der Waals surface area contributed by atoms with Crippen molar-refractivity contribution < 1.29 is 9.66 Å². The Morgan fingerprint density at radius 3 is 2.57 bits per heavy atom. The molecule has 0 aliphatic rings. The van der Waals surface area contributed by atoms with Gasteiger partial charge in [0.15, 0.2) is 5.75 Å². The highest BCUT2D eigenvalue weighted by Crippen LogP contribution is 2.30. The molecule has 76 valence electrons. The monoisotopic (exact) mass is 195 g/mol. The lowest BCUT2D eigenvalue weighted by Crippen LogP contribution is -2.07. The summed E-state index contributed by atoms with van der Waals surface area (Å²) in [6.07, 6.45) is -0.0597. The highest BCUT2D eigenvalue weighted by Gasteiger charge is 2.18. The SMILES string of the molecule is Cc1cccc(OC(C)C)c1[N+](=O)[O-]. The van der Waals surface area contributed by atoms with Crippen molar-refractivity contribution in [3.8, 4) is 5.75 Å². The number of benzene rings is 1. The number of aryl methyl sites for hydroxylation is 1. The number of ether oxygens (including phenoxy) is 1. The molecule has 0 N–H and O–H groups in total. The van der Waals surface area contributed by atoms with E-state index in [0.717, 1.165) is 0 Å². The lowest BCUT2D eigenvalue weighted by molar-refractivity contribution is -0.386. The van der Waals surface area contributed by atoms with Crippen molar-refractivity contribution in [3.05, 3.63) is 33.9 Å². The summed E-state index contributed by atoms with van der Waals surface area (Å²) in [6.45, 7) is 5.38. The van der Waals surface area contributed by atoms with Crippen LogP contribution in [0.2, 0.25) is 0 Å². The van der Waals surface area contributed by atoms with E-state index in [9.17, 15) is 10.1 Å². The van der Waals surface area contributed by atoms with Crippen LogP contribution in [-0.4, -0.2) is 11.0 Å². The Kier molecular flexibility index (Phi) is 3.06. The lowest BCUT2D eigenvalue weighted by Gasteiger charge is -2.10. The third-order valence-corrected chi connectivity index (χ3v) is 1.75. The quantitative estimate of drug-likeness (QED) is 0.550. The molecule has 0 saturated carbocycles. The molecule has 0 radical (unpaired) electrons. The molecule has 0 aliphatic carbocycles. The molecule has 0 spiro atoms. The predicted octanol–water partition coefficient (Wildman–Crippen LogP) is 2.69. The van der Waals surface area contributed by atoms with Crippen LogP contribution in [0, 0.1) is 17.0 Å². The van der Waals surface area contributed by atoms with Crippen LogP contribution in [0.4, 0.5) is 5.69 Å². The van der Waals surface area contributed by atoms with Gasteiger partial charge in [0.25, 0.3) is 0 Å². The molecule has 0 bridgehead atoms. The Balaban J connectivity index is 3.14. The van der Waals surface area contributed by atoms with Gasteiger partial charge in [-0.25, -0.2) is 0 Å². The number of nitro groups is 1. The largest absolute Gasteiger partial charge is 0.484 e. The zero-order valence-electron chi connectivity index (χ0n) is 8.48. The van der Waals surface area contributed by atoms with Crippen molar-refractivity contribution in [1.82, 2.24) is 0 Å². The average Bonchev–Trinajstić information content (AvgIpc) is 2.01. The molecule has 0 unspecified atom stereocenters. The fraction of sp³-hybridized carbons (Fsp3) is 0.400. The lowest BCUT2D eigenvalue weighted by atomic mass is 10.2. The van der Waals surface area contributed by atoms with E-state index in [1.54, 1.807) is 25.1 Å². The fourth-order valence-electron chi connectivity index (χ4n) is 1.22. The normalized spacial score (nSPS) is 10.3. The third-order valence-electron chi connectivity index (χ3n) is 1.75. The first kappa shape index (κ1) is 10.5. The van der Waals surface area contributed by atoms with Gasteiger partial charge in [0, 0.05) is 5.56 Å². The van der Waals surface area contributed by atoms with E-state index in [2.05, 4.69) is 0 Å². The molecule has 14 heavy (non-hydrogen) atoms. The van der Waals surface area contributed by atoms with Crippen LogP contribution in [0.1, 0.15) is 19.4 Å². The molecule has 0 heterocycles. The van der Waals surface area contributed by atoms with Crippen molar-refractivity contribution in [3.63, 3.8) is 0 Å². The van der Waals surface area contributed by atoms with Crippen LogP contribution in [0.15, 0.2) is 18.2 Å². The van der Waals surface area contributed by atoms with Gasteiger partial charge in [0.05, 0.1) is 11.0 Å². The van der Waals surface area contributed by atoms with Gasteiger partial charge in [0.1, 0.15) is 0 Å². The minimum absolute atomic E-state index is 0.0567. The topological polar surface area (TPSA) is 52.4 Å². The Morgan fingerprint density at radius 2 is 2.07 bits per heavy atom. The molecule has 0 atom stereocenters. The minimum atomic E-state index is -0.410. The zero-order valence-corrected chi connectivity index (χ0v) is 8.48. The van der Waals surface area contributed by atoms with E-state index < -0.39 is 4.92 Å². The van der Waals surface area contributed by atoms with E-state index >= 15 is 0 Å². The summed E-state index contributed by atoms with van der Waals surface area (Å²) in [5.74, 6) is 0.338. The maximum atomic E-state index is 10.7. The maximum absolute atomic E-state index is 10.7. The van der Waals surface area contributed by atoms with E-state index in [1.807, 2.05) is 13.8 Å². The molecule has 0 saturated heterocycles. The summed E-state index contributed by atoms with van der Waals surface area (Å²) in [5.41, 5.74) is 0.675. The van der Waals surface area contributed by atoms with Gasteiger partial charge >= 0.3 is 5.69 Å². The van der Waals surface area contributed by atoms with Crippen molar-refractivity contribution in [1.29, 1.82) is 0 Å². The van der Waals surface area contributed by atoms with Gasteiger partial charge in [-0.05, 0) is 26.8 Å². The summed E-state index contributed by atoms with van der Waals surface area (Å²) in [4.78, 5) is 10.3. The smallest absolute Gasteiger partial charge is 0.313 e. The van der Waals surface area contributed by atoms with Crippen LogP contribution in [0.5, 0.6) is 5.75 Å². The van der Waals surface area contributed by atoms with Crippen LogP contribution >= 0.6 is 0 Å². The fourth-order valence-corrected chi connectivity index (χ4v) is 1.22. The third kappa shape index (κ3) is 2.22. The van der Waals surface area contributed by atoms with E-state index in [-0.39, 0.29) is 11.8 Å². The van der Waals surface area contributed by atoms with Gasteiger partial charge in [-0.15, -0.1) is 0 Å². The molecule has 4 heteroatoms. The Labute approximate surface area is 82.7 Å². The van der Waals surface area contributed by atoms with Crippen LogP contribution in [-0.2, 0) is 0 Å². The molecule has 0 aromatic heterocycles. The molecule has 1 rings (SSSR count). The van der Waals surface area contributed by atoms with Crippen LogP contribution < -0.4 is 4.74 Å². The van der Waals surface area contributed by atoms with Crippen molar-refractivity contribution in [2.75, 3.05) is 0 Å². The second kappa shape index (κ2) is 4.09. The van der Waals surface area contributed by atoms with Crippen LogP contribution in [0.3, 0.4) is 0 Å². The second-order valence-corrected chi connectivity index (χ2v) is 3.35. The first-order valence-corrected chi connectivity index (χ1v) is 4.43. The Morgan fingerprint density at radius 1 is 1.43 bits per heavy atom. The Hall–Kier alpha value is -1.58. The molecule has 0 aliphatic heterocycles. The van der Waals surface area contributed by atoms with Crippen LogP contribution in [0.25, 0.3) is 0 Å². The first-order chi connectivity index (χ1) is 6.52. The number of nitro benzene ring substituents is 1. The molecule has 0 amide bonds.